The molecule has 7 heteroatoms. The van der Waals surface area contributed by atoms with Crippen molar-refractivity contribution in [2.24, 2.45) is 7.05 Å². The van der Waals surface area contributed by atoms with E-state index in [9.17, 15) is 4.79 Å². The van der Waals surface area contributed by atoms with E-state index in [1.165, 1.54) is 27.7 Å². The maximum Gasteiger partial charge on any atom is 0.280 e. The van der Waals surface area contributed by atoms with E-state index >= 15 is 0 Å². The predicted octanol–water partition coefficient (Wildman–Crippen LogP) is 2.79. The fraction of sp³-hybridized carbons (Fsp3) is 0.214. The lowest BCUT2D eigenvalue weighted by Crippen LogP contribution is -2.20. The summed E-state index contributed by atoms with van der Waals surface area (Å²) in [6.45, 7) is 0. The first kappa shape index (κ1) is 14.1. The minimum atomic E-state index is -0.141. The fourth-order valence-electron chi connectivity index (χ4n) is 2.09. The Labute approximate surface area is 129 Å². The van der Waals surface area contributed by atoms with E-state index in [4.69, 9.17) is 4.74 Å². The van der Waals surface area contributed by atoms with E-state index in [0.717, 1.165) is 9.90 Å². The van der Waals surface area contributed by atoms with Gasteiger partial charge in [0.1, 0.15) is 11.6 Å². The molecule has 3 rings (SSSR count). The summed E-state index contributed by atoms with van der Waals surface area (Å²) in [6, 6.07) is 7.53. The minimum absolute atomic E-state index is 0.141. The van der Waals surface area contributed by atoms with Gasteiger partial charge in [0.15, 0.2) is 14.7 Å². The van der Waals surface area contributed by atoms with E-state index in [0.29, 0.717) is 21.9 Å². The molecule has 0 radical (unpaired) electrons. The smallest absolute Gasteiger partial charge is 0.280 e. The summed E-state index contributed by atoms with van der Waals surface area (Å²) >= 11 is 2.94. The Hall–Kier alpha value is -1.86. The molecule has 0 fully saturated rings. The molecular weight excluding hydrogens is 306 g/mol. The number of benzene rings is 1. The molecule has 0 bridgehead atoms. The molecule has 5 nitrogen and oxygen atoms in total. The van der Waals surface area contributed by atoms with Gasteiger partial charge in [-0.2, -0.15) is 0 Å². The molecule has 21 heavy (non-hydrogen) atoms. The van der Waals surface area contributed by atoms with Crippen LogP contribution in [0.2, 0.25) is 0 Å². The first-order chi connectivity index (χ1) is 10.2. The van der Waals surface area contributed by atoms with Crippen molar-refractivity contribution in [3.8, 4) is 17.1 Å². The summed E-state index contributed by atoms with van der Waals surface area (Å²) in [5.74, 6) is 1.27. The molecule has 0 aliphatic carbocycles. The average Bonchev–Trinajstić information content (AvgIpc) is 2.94. The largest absolute Gasteiger partial charge is 0.496 e. The monoisotopic (exact) mass is 319 g/mol. The van der Waals surface area contributed by atoms with Gasteiger partial charge in [-0.15, -0.1) is 0 Å². The summed E-state index contributed by atoms with van der Waals surface area (Å²) in [6.07, 6.45) is 1.93. The van der Waals surface area contributed by atoms with Crippen molar-refractivity contribution < 1.29 is 4.74 Å². The van der Waals surface area contributed by atoms with E-state index in [-0.39, 0.29) is 5.56 Å². The molecule has 0 saturated heterocycles. The molecule has 3 aromatic rings. The maximum atomic E-state index is 12.5. The van der Waals surface area contributed by atoms with Crippen LogP contribution < -0.4 is 10.3 Å². The van der Waals surface area contributed by atoms with Crippen LogP contribution >= 0.6 is 23.1 Å². The summed E-state index contributed by atoms with van der Waals surface area (Å²) in [5, 5.41) is 0. The number of hydrogen-bond acceptors (Lipinski definition) is 6. The second-order valence-electron chi connectivity index (χ2n) is 4.34. The van der Waals surface area contributed by atoms with Crippen molar-refractivity contribution in [1.82, 2.24) is 14.5 Å². The normalized spacial score (nSPS) is 11.0. The standard InChI is InChI=1S/C14H13N3O2S2/c1-17-11(8-6-4-5-7-9(8)19-2)16-12-10(13(17)18)15-14(20-3)21-12/h4-7H,1-3H3. The number of thiazole rings is 1. The highest BCUT2D eigenvalue weighted by atomic mass is 32.2. The zero-order chi connectivity index (χ0) is 15.0. The van der Waals surface area contributed by atoms with Gasteiger partial charge < -0.3 is 4.74 Å². The van der Waals surface area contributed by atoms with Gasteiger partial charge in [-0.05, 0) is 18.4 Å². The number of thioether (sulfide) groups is 1. The number of hydrogen-bond donors (Lipinski definition) is 0. The first-order valence-corrected chi connectivity index (χ1v) is 8.24. The highest BCUT2D eigenvalue weighted by molar-refractivity contribution is 8.00. The van der Waals surface area contributed by atoms with Gasteiger partial charge in [-0.25, -0.2) is 9.97 Å². The molecule has 0 spiro atoms. The Morgan fingerprint density at radius 1 is 1.29 bits per heavy atom. The minimum Gasteiger partial charge on any atom is -0.496 e. The van der Waals surface area contributed by atoms with Crippen molar-refractivity contribution >= 4 is 33.4 Å². The molecular formula is C14H13N3O2S2. The topological polar surface area (TPSA) is 57.0 Å². The molecule has 2 aromatic heterocycles. The van der Waals surface area contributed by atoms with Crippen molar-refractivity contribution in [2.45, 2.75) is 4.34 Å². The molecule has 0 unspecified atom stereocenters. The number of methoxy groups -OCH3 is 1. The lowest BCUT2D eigenvalue weighted by atomic mass is 10.2. The summed E-state index contributed by atoms with van der Waals surface area (Å²) in [5.41, 5.74) is 1.07. The van der Waals surface area contributed by atoms with Gasteiger partial charge in [0, 0.05) is 7.05 Å². The van der Waals surface area contributed by atoms with E-state index in [1.54, 1.807) is 14.2 Å². The van der Waals surface area contributed by atoms with Crippen LogP contribution in [0, 0.1) is 0 Å². The highest BCUT2D eigenvalue weighted by Crippen LogP contribution is 2.30. The second kappa shape index (κ2) is 5.50. The Morgan fingerprint density at radius 3 is 2.76 bits per heavy atom. The van der Waals surface area contributed by atoms with E-state index < -0.39 is 0 Å². The van der Waals surface area contributed by atoms with Crippen LogP contribution in [0.1, 0.15) is 0 Å². The van der Waals surface area contributed by atoms with E-state index in [1.807, 2.05) is 30.5 Å². The summed E-state index contributed by atoms with van der Waals surface area (Å²) in [4.78, 5) is 22.1. The zero-order valence-electron chi connectivity index (χ0n) is 11.8. The van der Waals surface area contributed by atoms with Gasteiger partial charge in [0.05, 0.1) is 12.7 Å². The number of aromatic nitrogens is 3. The number of ether oxygens (including phenoxy) is 1. The zero-order valence-corrected chi connectivity index (χ0v) is 13.4. The van der Waals surface area contributed by atoms with Crippen molar-refractivity contribution in [1.29, 1.82) is 0 Å². The van der Waals surface area contributed by atoms with Crippen LogP contribution in [0.3, 0.4) is 0 Å². The van der Waals surface area contributed by atoms with E-state index in [2.05, 4.69) is 9.97 Å². The molecule has 108 valence electrons. The molecule has 0 saturated carbocycles. The summed E-state index contributed by atoms with van der Waals surface area (Å²) < 4.78 is 7.72. The molecule has 0 atom stereocenters. The van der Waals surface area contributed by atoms with Gasteiger partial charge in [-0.3, -0.25) is 9.36 Å². The number of fused-ring (bicyclic) bond motifs is 1. The van der Waals surface area contributed by atoms with Crippen LogP contribution in [-0.2, 0) is 7.05 Å². The molecule has 1 aromatic carbocycles. The van der Waals surface area contributed by atoms with Crippen LogP contribution in [0.25, 0.3) is 21.7 Å². The van der Waals surface area contributed by atoms with Crippen LogP contribution in [0.5, 0.6) is 5.75 Å². The van der Waals surface area contributed by atoms with Crippen LogP contribution in [0.4, 0.5) is 0 Å². The average molecular weight is 319 g/mol. The Bertz CT molecular complexity index is 870. The lowest BCUT2D eigenvalue weighted by molar-refractivity contribution is 0.416. The Balaban J connectivity index is 2.33. The number of rotatable bonds is 3. The van der Waals surface area contributed by atoms with Crippen LogP contribution in [0.15, 0.2) is 33.4 Å². The van der Waals surface area contributed by atoms with Crippen molar-refractivity contribution in [2.75, 3.05) is 13.4 Å². The van der Waals surface area contributed by atoms with Gasteiger partial charge in [0.25, 0.3) is 5.56 Å². The van der Waals surface area contributed by atoms with Crippen LogP contribution in [-0.4, -0.2) is 27.9 Å². The third-order valence-corrected chi connectivity index (χ3v) is 5.08. The maximum absolute atomic E-state index is 12.5. The Kier molecular flexibility index (Phi) is 3.69. The highest BCUT2D eigenvalue weighted by Gasteiger charge is 2.16. The molecule has 0 aliphatic heterocycles. The molecule has 0 aliphatic rings. The predicted molar refractivity (Wildman–Crippen MR) is 86.4 cm³/mol. The van der Waals surface area contributed by atoms with Crippen molar-refractivity contribution in [3.63, 3.8) is 0 Å². The van der Waals surface area contributed by atoms with Gasteiger partial charge in [-0.1, -0.05) is 35.2 Å². The molecule has 0 amide bonds. The second-order valence-corrected chi connectivity index (χ2v) is 6.37. The fourth-order valence-corrected chi connectivity index (χ4v) is 3.51. The molecule has 0 N–H and O–H groups in total. The van der Waals surface area contributed by atoms with Gasteiger partial charge in [0.2, 0.25) is 0 Å². The SMILES string of the molecule is COc1ccccc1-c1nc2sc(SC)nc2c(=O)n1C. The Morgan fingerprint density at radius 2 is 2.05 bits per heavy atom. The van der Waals surface area contributed by atoms with Crippen molar-refractivity contribution in [3.05, 3.63) is 34.6 Å². The summed E-state index contributed by atoms with van der Waals surface area (Å²) in [7, 11) is 3.31. The number of para-hydroxylation sites is 1. The number of nitrogens with zero attached hydrogens (tertiary/aromatic N) is 3. The third kappa shape index (κ3) is 2.32. The lowest BCUT2D eigenvalue weighted by Gasteiger charge is -2.10. The quantitative estimate of drug-likeness (QED) is 0.695. The third-order valence-electron chi connectivity index (χ3n) is 3.14. The van der Waals surface area contributed by atoms with Gasteiger partial charge >= 0.3 is 0 Å². The first-order valence-electron chi connectivity index (χ1n) is 6.20. The molecule has 2 heterocycles.